The largest absolute Gasteiger partial charge is 0.465 e. The molecule has 1 saturated heterocycles. The first-order chi connectivity index (χ1) is 13.6. The van der Waals surface area contributed by atoms with E-state index in [2.05, 4.69) is 31.9 Å². The van der Waals surface area contributed by atoms with Crippen LogP contribution in [-0.2, 0) is 4.74 Å². The third-order valence-electron chi connectivity index (χ3n) is 5.72. The van der Waals surface area contributed by atoms with Crippen molar-refractivity contribution in [3.8, 4) is 0 Å². The van der Waals surface area contributed by atoms with E-state index in [-0.39, 0.29) is 18.0 Å². The lowest BCUT2D eigenvalue weighted by Gasteiger charge is -2.38. The standard InChI is InChI=1S/C21H32Cl2N2O4Si/c1-12(30(5,6)7)18-17(24-19(26)29-21(2,3)4)15(11-25(18)20(27)28)14-9-8-13(22)10-16(14)23/h8-10,12,15,17-18H,11H2,1-7H3,(H,24,26)(H,27,28). The first-order valence-corrected chi connectivity index (χ1v) is 14.4. The number of carbonyl (C=O) groups excluding carboxylic acids is 1. The van der Waals surface area contributed by atoms with Crippen LogP contribution in [0, 0.1) is 0 Å². The third kappa shape index (κ3) is 5.83. The number of carbonyl (C=O) groups is 2. The number of halogens is 2. The number of benzene rings is 1. The highest BCUT2D eigenvalue weighted by Crippen LogP contribution is 2.43. The zero-order valence-corrected chi connectivity index (χ0v) is 21.1. The smallest absolute Gasteiger partial charge is 0.407 e. The Labute approximate surface area is 189 Å². The first kappa shape index (κ1) is 24.8. The van der Waals surface area contributed by atoms with Gasteiger partial charge >= 0.3 is 12.2 Å². The second-order valence-electron chi connectivity index (χ2n) is 10.0. The predicted molar refractivity (Wildman–Crippen MR) is 124 cm³/mol. The van der Waals surface area contributed by atoms with Crippen LogP contribution >= 0.6 is 23.2 Å². The van der Waals surface area contributed by atoms with Crippen LogP contribution in [0.2, 0.25) is 35.2 Å². The van der Waals surface area contributed by atoms with Gasteiger partial charge in [0, 0.05) is 30.6 Å². The second-order valence-corrected chi connectivity index (χ2v) is 16.5. The molecule has 0 spiro atoms. The fourth-order valence-corrected chi connectivity index (χ4v) is 5.86. The molecule has 2 rings (SSSR count). The number of nitrogens with one attached hydrogen (secondary N) is 1. The Balaban J connectivity index is 2.53. The van der Waals surface area contributed by atoms with Crippen molar-refractivity contribution in [2.75, 3.05) is 6.54 Å². The lowest BCUT2D eigenvalue weighted by Crippen LogP contribution is -2.54. The quantitative estimate of drug-likeness (QED) is 0.519. The molecule has 2 amide bonds. The fourth-order valence-electron chi connectivity index (χ4n) is 3.90. The molecule has 4 atom stereocenters. The molecule has 0 aliphatic carbocycles. The highest BCUT2D eigenvalue weighted by molar-refractivity contribution is 6.77. The van der Waals surface area contributed by atoms with Gasteiger partial charge in [0.15, 0.2) is 0 Å². The van der Waals surface area contributed by atoms with E-state index in [4.69, 9.17) is 27.9 Å². The van der Waals surface area contributed by atoms with Crippen LogP contribution in [0.25, 0.3) is 0 Å². The van der Waals surface area contributed by atoms with Crippen LogP contribution in [0.4, 0.5) is 9.59 Å². The van der Waals surface area contributed by atoms with Crippen molar-refractivity contribution in [2.45, 2.75) is 76.5 Å². The van der Waals surface area contributed by atoms with Gasteiger partial charge in [-0.3, -0.25) is 0 Å². The van der Waals surface area contributed by atoms with Gasteiger partial charge in [0.2, 0.25) is 0 Å². The Morgan fingerprint density at radius 3 is 2.33 bits per heavy atom. The van der Waals surface area contributed by atoms with E-state index < -0.39 is 37.9 Å². The third-order valence-corrected chi connectivity index (χ3v) is 9.36. The van der Waals surface area contributed by atoms with E-state index in [1.54, 1.807) is 39.0 Å². The van der Waals surface area contributed by atoms with Crippen molar-refractivity contribution in [3.63, 3.8) is 0 Å². The van der Waals surface area contributed by atoms with Crippen molar-refractivity contribution >= 4 is 43.5 Å². The van der Waals surface area contributed by atoms with E-state index in [1.807, 2.05) is 0 Å². The molecule has 1 aromatic rings. The van der Waals surface area contributed by atoms with Crippen molar-refractivity contribution in [1.82, 2.24) is 10.2 Å². The number of likely N-dealkylation sites (tertiary alicyclic amines) is 1. The van der Waals surface area contributed by atoms with Gasteiger partial charge in [0.05, 0.1) is 12.1 Å². The summed E-state index contributed by atoms with van der Waals surface area (Å²) < 4.78 is 5.48. The molecule has 6 nitrogen and oxygen atoms in total. The molecular weight excluding hydrogens is 443 g/mol. The topological polar surface area (TPSA) is 78.9 Å². The molecule has 0 saturated carbocycles. The van der Waals surface area contributed by atoms with Gasteiger partial charge in [0.25, 0.3) is 0 Å². The van der Waals surface area contributed by atoms with E-state index in [0.717, 1.165) is 5.56 Å². The zero-order chi connectivity index (χ0) is 23.0. The number of hydrogen-bond acceptors (Lipinski definition) is 3. The van der Waals surface area contributed by atoms with E-state index >= 15 is 0 Å². The summed E-state index contributed by atoms with van der Waals surface area (Å²) in [4.78, 5) is 26.3. The average Bonchev–Trinajstić information content (AvgIpc) is 2.90. The molecule has 1 aliphatic rings. The van der Waals surface area contributed by atoms with Crippen molar-refractivity contribution in [2.24, 2.45) is 0 Å². The Kier molecular flexibility index (Phi) is 7.42. The molecule has 1 aromatic carbocycles. The van der Waals surface area contributed by atoms with Crippen LogP contribution in [0.15, 0.2) is 18.2 Å². The van der Waals surface area contributed by atoms with E-state index in [9.17, 15) is 14.7 Å². The molecule has 0 aromatic heterocycles. The summed E-state index contributed by atoms with van der Waals surface area (Å²) in [7, 11) is -1.76. The van der Waals surface area contributed by atoms with Crippen molar-refractivity contribution in [1.29, 1.82) is 0 Å². The Morgan fingerprint density at radius 1 is 1.27 bits per heavy atom. The lowest BCUT2D eigenvalue weighted by molar-refractivity contribution is 0.0484. The molecule has 2 N–H and O–H groups in total. The van der Waals surface area contributed by atoms with Gasteiger partial charge in [-0.15, -0.1) is 0 Å². The Morgan fingerprint density at radius 2 is 1.87 bits per heavy atom. The number of hydrogen-bond donors (Lipinski definition) is 2. The molecule has 0 bridgehead atoms. The average molecular weight is 475 g/mol. The molecular formula is C21H32Cl2N2O4Si. The highest BCUT2D eigenvalue weighted by Gasteiger charge is 2.51. The molecule has 4 unspecified atom stereocenters. The number of rotatable bonds is 4. The number of ether oxygens (including phenoxy) is 1. The second kappa shape index (κ2) is 8.97. The van der Waals surface area contributed by atoms with E-state index in [0.29, 0.717) is 10.0 Å². The molecule has 1 aliphatic heterocycles. The van der Waals surface area contributed by atoms with E-state index in [1.165, 1.54) is 4.90 Å². The van der Waals surface area contributed by atoms with Crippen LogP contribution < -0.4 is 5.32 Å². The summed E-state index contributed by atoms with van der Waals surface area (Å²) in [6.45, 7) is 14.3. The Bertz CT molecular complexity index is 807. The summed E-state index contributed by atoms with van der Waals surface area (Å²) in [5, 5.41) is 13.9. The maximum Gasteiger partial charge on any atom is 0.407 e. The summed E-state index contributed by atoms with van der Waals surface area (Å²) in [5.74, 6) is -0.317. The molecule has 30 heavy (non-hydrogen) atoms. The van der Waals surface area contributed by atoms with Crippen LogP contribution in [0.5, 0.6) is 0 Å². The summed E-state index contributed by atoms with van der Waals surface area (Å²) in [5.41, 5.74) is 0.186. The van der Waals surface area contributed by atoms with Crippen LogP contribution in [0.3, 0.4) is 0 Å². The summed E-state index contributed by atoms with van der Waals surface area (Å²) in [6.07, 6.45) is -1.57. The SMILES string of the molecule is CC(C1C(NC(=O)OC(C)(C)C)C(c2ccc(Cl)cc2Cl)CN1C(=O)O)[Si](C)(C)C. The number of nitrogens with zero attached hydrogens (tertiary/aromatic N) is 1. The Hall–Kier alpha value is -1.44. The van der Waals surface area contributed by atoms with Crippen LogP contribution in [-0.4, -0.2) is 54.5 Å². The molecule has 1 heterocycles. The van der Waals surface area contributed by atoms with Crippen molar-refractivity contribution < 1.29 is 19.4 Å². The van der Waals surface area contributed by atoms with Gasteiger partial charge in [-0.05, 0) is 44.0 Å². The minimum atomic E-state index is -1.76. The minimum Gasteiger partial charge on any atom is -0.465 e. The van der Waals surface area contributed by atoms with Crippen molar-refractivity contribution in [3.05, 3.63) is 33.8 Å². The molecule has 168 valence electrons. The maximum atomic E-state index is 12.7. The van der Waals surface area contributed by atoms with Crippen LogP contribution in [0.1, 0.15) is 39.2 Å². The molecule has 0 radical (unpaired) electrons. The number of carboxylic acid groups (broad SMARTS) is 1. The number of alkyl carbamates (subject to hydrolysis) is 1. The maximum absolute atomic E-state index is 12.7. The zero-order valence-electron chi connectivity index (χ0n) is 18.6. The minimum absolute atomic E-state index is 0.0876. The fraction of sp³-hybridized carbons (Fsp3) is 0.619. The summed E-state index contributed by atoms with van der Waals surface area (Å²) in [6, 6.07) is 4.31. The highest BCUT2D eigenvalue weighted by atomic mass is 35.5. The first-order valence-electron chi connectivity index (χ1n) is 10.1. The van der Waals surface area contributed by atoms with Gasteiger partial charge in [-0.2, -0.15) is 0 Å². The number of amides is 2. The lowest BCUT2D eigenvalue weighted by atomic mass is 9.90. The normalized spacial score (nSPS) is 23.2. The van der Waals surface area contributed by atoms with Gasteiger partial charge in [-0.25, -0.2) is 9.59 Å². The predicted octanol–water partition coefficient (Wildman–Crippen LogP) is 6.06. The van der Waals surface area contributed by atoms with Gasteiger partial charge < -0.3 is 20.1 Å². The van der Waals surface area contributed by atoms with Gasteiger partial charge in [0.1, 0.15) is 5.60 Å². The monoisotopic (exact) mass is 474 g/mol. The molecule has 1 fully saturated rings. The van der Waals surface area contributed by atoms with Gasteiger partial charge in [-0.1, -0.05) is 55.8 Å². The molecule has 9 heteroatoms. The summed E-state index contributed by atoms with van der Waals surface area (Å²) >= 11 is 12.5.